The molecule has 0 fully saturated rings. The van der Waals surface area contributed by atoms with Crippen molar-refractivity contribution in [3.8, 4) is 17.0 Å². The van der Waals surface area contributed by atoms with Gasteiger partial charge in [0.1, 0.15) is 5.75 Å². The summed E-state index contributed by atoms with van der Waals surface area (Å²) in [5, 5.41) is 9.82. The normalized spacial score (nSPS) is 11.8. The van der Waals surface area contributed by atoms with Gasteiger partial charge in [0.2, 0.25) is 0 Å². The van der Waals surface area contributed by atoms with Crippen molar-refractivity contribution in [3.05, 3.63) is 59.7 Å². The van der Waals surface area contributed by atoms with Gasteiger partial charge in [-0.25, -0.2) is 9.78 Å². The third-order valence-corrected chi connectivity index (χ3v) is 3.89. The third kappa shape index (κ3) is 4.02. The Morgan fingerprint density at radius 2 is 1.74 bits per heavy atom. The van der Waals surface area contributed by atoms with Gasteiger partial charge in [-0.15, -0.1) is 0 Å². The first kappa shape index (κ1) is 18.7. The molecule has 3 aromatic rings. The van der Waals surface area contributed by atoms with Gasteiger partial charge in [0, 0.05) is 17.0 Å². The lowest BCUT2D eigenvalue weighted by atomic mass is 10.1. The molecule has 1 aromatic heterocycles. The fourth-order valence-corrected chi connectivity index (χ4v) is 2.66. The summed E-state index contributed by atoms with van der Waals surface area (Å²) >= 11 is 0. The molecule has 0 saturated heterocycles. The molecule has 27 heavy (non-hydrogen) atoms. The number of hydrogen-bond acceptors (Lipinski definition) is 3. The number of carboxylic acid groups (broad SMARTS) is 1. The van der Waals surface area contributed by atoms with E-state index in [0.29, 0.717) is 27.9 Å². The molecule has 1 N–H and O–H groups in total. The van der Waals surface area contributed by atoms with Crippen LogP contribution in [0, 0.1) is 0 Å². The van der Waals surface area contributed by atoms with Gasteiger partial charge < -0.3 is 9.84 Å². The molecule has 0 spiro atoms. The summed E-state index contributed by atoms with van der Waals surface area (Å²) in [5.41, 5.74) is 0.575. The van der Waals surface area contributed by atoms with Crippen molar-refractivity contribution in [1.82, 2.24) is 4.98 Å². The summed E-state index contributed by atoms with van der Waals surface area (Å²) in [6.07, 6.45) is -4.56. The van der Waals surface area contributed by atoms with E-state index >= 15 is 0 Å². The highest BCUT2D eigenvalue weighted by atomic mass is 19.4. The Labute approximate surface area is 153 Å². The number of benzene rings is 2. The molecule has 0 radical (unpaired) electrons. The summed E-state index contributed by atoms with van der Waals surface area (Å²) in [5.74, 6) is -0.605. The maximum Gasteiger partial charge on any atom is 0.416 e. The number of pyridine rings is 1. The number of nitrogens with zero attached hydrogens (tertiary/aromatic N) is 1. The van der Waals surface area contributed by atoms with Crippen LogP contribution in [0.5, 0.6) is 5.75 Å². The van der Waals surface area contributed by atoms with Gasteiger partial charge >= 0.3 is 12.1 Å². The second-order valence-electron chi connectivity index (χ2n) is 6.28. The molecule has 0 aliphatic carbocycles. The topological polar surface area (TPSA) is 59.4 Å². The molecule has 4 nitrogen and oxygen atoms in total. The molecule has 0 saturated carbocycles. The van der Waals surface area contributed by atoms with Gasteiger partial charge in [0.25, 0.3) is 0 Å². The number of carbonyl (C=O) groups is 1. The number of rotatable bonds is 4. The van der Waals surface area contributed by atoms with Crippen LogP contribution < -0.4 is 4.74 Å². The van der Waals surface area contributed by atoms with Crippen molar-refractivity contribution in [3.63, 3.8) is 0 Å². The van der Waals surface area contributed by atoms with Crippen LogP contribution in [0.25, 0.3) is 22.2 Å². The Kier molecular flexibility index (Phi) is 4.78. The number of aromatic carboxylic acids is 1. The number of ether oxygens (including phenoxy) is 1. The number of halogens is 3. The number of carboxylic acids is 1. The van der Waals surface area contributed by atoms with Crippen molar-refractivity contribution in [2.24, 2.45) is 0 Å². The van der Waals surface area contributed by atoms with Crippen LogP contribution in [0.2, 0.25) is 0 Å². The Hall–Kier alpha value is -3.09. The zero-order valence-electron chi connectivity index (χ0n) is 14.5. The molecule has 0 bridgehead atoms. The second-order valence-corrected chi connectivity index (χ2v) is 6.28. The minimum atomic E-state index is -4.42. The first-order valence-corrected chi connectivity index (χ1v) is 8.17. The molecule has 140 valence electrons. The quantitative estimate of drug-likeness (QED) is 0.663. The number of fused-ring (bicyclic) bond motifs is 1. The predicted octanol–water partition coefficient (Wildman–Crippen LogP) is 5.41. The Bertz CT molecular complexity index is 996. The smallest absolute Gasteiger partial charge is 0.416 e. The highest BCUT2D eigenvalue weighted by Crippen LogP contribution is 2.34. The van der Waals surface area contributed by atoms with E-state index in [0.717, 1.165) is 12.1 Å². The van der Waals surface area contributed by atoms with E-state index in [1.54, 1.807) is 12.1 Å². The summed E-state index contributed by atoms with van der Waals surface area (Å²) in [6.45, 7) is 3.69. The zero-order chi connectivity index (χ0) is 19.8. The Morgan fingerprint density at radius 3 is 2.30 bits per heavy atom. The summed E-state index contributed by atoms with van der Waals surface area (Å²) in [4.78, 5) is 15.7. The molecule has 0 amide bonds. The Morgan fingerprint density at radius 1 is 1.07 bits per heavy atom. The van der Waals surface area contributed by atoms with Gasteiger partial charge in [-0.3, -0.25) is 0 Å². The molecule has 0 aliphatic heterocycles. The second kappa shape index (κ2) is 6.90. The van der Waals surface area contributed by atoms with Gasteiger partial charge in [-0.05, 0) is 44.2 Å². The molecular formula is C20H16F3NO3. The van der Waals surface area contributed by atoms with Crippen LogP contribution in [0.1, 0.15) is 29.8 Å². The molecular weight excluding hydrogens is 359 g/mol. The van der Waals surface area contributed by atoms with Gasteiger partial charge in [0.05, 0.1) is 28.4 Å². The molecule has 1 heterocycles. The minimum absolute atomic E-state index is 0.0649. The van der Waals surface area contributed by atoms with Gasteiger partial charge in [-0.2, -0.15) is 13.2 Å². The highest BCUT2D eigenvalue weighted by Gasteiger charge is 2.30. The summed E-state index contributed by atoms with van der Waals surface area (Å²) in [6, 6.07) is 10.8. The van der Waals surface area contributed by atoms with Crippen molar-refractivity contribution in [2.75, 3.05) is 0 Å². The Balaban J connectivity index is 2.15. The highest BCUT2D eigenvalue weighted by molar-refractivity contribution is 5.95. The summed E-state index contributed by atoms with van der Waals surface area (Å²) in [7, 11) is 0. The van der Waals surface area contributed by atoms with E-state index in [-0.39, 0.29) is 11.7 Å². The van der Waals surface area contributed by atoms with Crippen LogP contribution in [0.15, 0.2) is 48.5 Å². The molecule has 0 unspecified atom stereocenters. The molecule has 0 atom stereocenters. The fraction of sp³-hybridized carbons (Fsp3) is 0.200. The first-order chi connectivity index (χ1) is 12.6. The van der Waals surface area contributed by atoms with Crippen molar-refractivity contribution in [2.45, 2.75) is 26.1 Å². The average molecular weight is 375 g/mol. The van der Waals surface area contributed by atoms with Crippen LogP contribution in [0.4, 0.5) is 13.2 Å². The molecule has 7 heteroatoms. The van der Waals surface area contributed by atoms with Gasteiger partial charge in [0.15, 0.2) is 0 Å². The minimum Gasteiger partial charge on any atom is -0.490 e. The van der Waals surface area contributed by atoms with Crippen molar-refractivity contribution in [1.29, 1.82) is 0 Å². The number of alkyl halides is 3. The predicted molar refractivity (Wildman–Crippen MR) is 94.9 cm³/mol. The lowest BCUT2D eigenvalue weighted by Crippen LogP contribution is -2.07. The van der Waals surface area contributed by atoms with E-state index in [1.807, 2.05) is 13.8 Å². The fourth-order valence-electron chi connectivity index (χ4n) is 2.66. The van der Waals surface area contributed by atoms with E-state index < -0.39 is 17.7 Å². The third-order valence-electron chi connectivity index (χ3n) is 3.89. The maximum atomic E-state index is 12.8. The standard InChI is InChI=1S/C20H16F3NO3/c1-11(2)27-18-10-16(12-3-6-14(7-4-12)20(21,22)23)24-17-9-13(19(25)26)5-8-15(17)18/h3-11H,1-2H3,(H,25,26). The van der Waals surface area contributed by atoms with Crippen LogP contribution in [0.3, 0.4) is 0 Å². The van der Waals surface area contributed by atoms with E-state index in [1.165, 1.54) is 24.3 Å². The number of aromatic nitrogens is 1. The van der Waals surface area contributed by atoms with E-state index in [2.05, 4.69) is 4.98 Å². The molecule has 0 aliphatic rings. The van der Waals surface area contributed by atoms with Crippen LogP contribution >= 0.6 is 0 Å². The van der Waals surface area contributed by atoms with Crippen LogP contribution in [-0.2, 0) is 6.18 Å². The lowest BCUT2D eigenvalue weighted by Gasteiger charge is -2.15. The zero-order valence-corrected chi connectivity index (χ0v) is 14.5. The van der Waals surface area contributed by atoms with Gasteiger partial charge in [-0.1, -0.05) is 12.1 Å². The maximum absolute atomic E-state index is 12.8. The average Bonchev–Trinajstić information content (AvgIpc) is 2.60. The number of hydrogen-bond donors (Lipinski definition) is 1. The monoisotopic (exact) mass is 375 g/mol. The first-order valence-electron chi connectivity index (χ1n) is 8.17. The van der Waals surface area contributed by atoms with E-state index in [4.69, 9.17) is 4.74 Å². The van der Waals surface area contributed by atoms with E-state index in [9.17, 15) is 23.1 Å². The summed E-state index contributed by atoms with van der Waals surface area (Å²) < 4.78 is 44.1. The van der Waals surface area contributed by atoms with Crippen molar-refractivity contribution >= 4 is 16.9 Å². The van der Waals surface area contributed by atoms with Crippen LogP contribution in [-0.4, -0.2) is 22.2 Å². The largest absolute Gasteiger partial charge is 0.490 e. The molecule has 3 rings (SSSR count). The molecule has 2 aromatic carbocycles. The van der Waals surface area contributed by atoms with Crippen molar-refractivity contribution < 1.29 is 27.8 Å². The SMILES string of the molecule is CC(C)Oc1cc(-c2ccc(C(F)(F)F)cc2)nc2cc(C(=O)O)ccc12. The lowest BCUT2D eigenvalue weighted by molar-refractivity contribution is -0.137.